The van der Waals surface area contributed by atoms with Gasteiger partial charge in [-0.1, -0.05) is 67.9 Å². The molecule has 0 aliphatic carbocycles. The summed E-state index contributed by atoms with van der Waals surface area (Å²) in [6, 6.07) is 18.3. The molecule has 1 atom stereocenters. The second kappa shape index (κ2) is 10.7. The van der Waals surface area contributed by atoms with Crippen LogP contribution in [0.1, 0.15) is 37.0 Å². The summed E-state index contributed by atoms with van der Waals surface area (Å²) in [5, 5.41) is 0. The summed E-state index contributed by atoms with van der Waals surface area (Å²) >= 11 is 0. The highest BCUT2D eigenvalue weighted by atomic mass is 79.9. The van der Waals surface area contributed by atoms with Crippen molar-refractivity contribution in [2.75, 3.05) is 17.3 Å². The van der Waals surface area contributed by atoms with E-state index in [4.69, 9.17) is 0 Å². The second-order valence-electron chi connectivity index (χ2n) is 5.47. The number of Topliss-reactive ketones (excluding diaryl/α,β-unsaturated/α-hetero) is 1. The van der Waals surface area contributed by atoms with Crippen LogP contribution in [0.25, 0.3) is 11.1 Å². The molecule has 2 aromatic carbocycles. The first-order valence-corrected chi connectivity index (χ1v) is 9.80. The number of hydrogen-bond donors (Lipinski definition) is 0. The van der Waals surface area contributed by atoms with Gasteiger partial charge in [-0.2, -0.15) is 0 Å². The van der Waals surface area contributed by atoms with Gasteiger partial charge in [0.25, 0.3) is 0 Å². The molecule has 0 spiro atoms. The van der Waals surface area contributed by atoms with Gasteiger partial charge in [-0.15, -0.1) is 0 Å². The molecule has 0 saturated carbocycles. The molecule has 124 valence electrons. The standard InChI is InChI=1S/C20H25OS.BrH/c1-3-5-15-22(4-2)16-20(21)19-13-11-18(12-14-19)17-9-7-6-8-10-17;/h6-14H,3-5,15-16H2,1-2H3;1H/q+1;/p-1. The largest absolute Gasteiger partial charge is 1.00 e. The molecule has 3 heteroatoms. The highest BCUT2D eigenvalue weighted by molar-refractivity contribution is 7.97. The molecule has 1 unspecified atom stereocenters. The molecule has 0 fully saturated rings. The van der Waals surface area contributed by atoms with Crippen molar-refractivity contribution in [1.29, 1.82) is 0 Å². The van der Waals surface area contributed by atoms with Gasteiger partial charge in [-0.25, -0.2) is 0 Å². The van der Waals surface area contributed by atoms with E-state index < -0.39 is 0 Å². The Morgan fingerprint density at radius 2 is 1.52 bits per heavy atom. The van der Waals surface area contributed by atoms with E-state index in [0.717, 1.165) is 16.9 Å². The number of carbonyl (C=O) groups is 1. The van der Waals surface area contributed by atoms with Crippen molar-refractivity contribution in [3.05, 3.63) is 60.2 Å². The number of halogens is 1. The van der Waals surface area contributed by atoms with E-state index in [2.05, 4.69) is 38.1 Å². The maximum Gasteiger partial charge on any atom is 0.211 e. The SMILES string of the molecule is CCCC[S+](CC)CC(=O)c1ccc(-c2ccccc2)cc1.[Br-]. The molecular weight excluding hydrogens is 368 g/mol. The predicted molar refractivity (Wildman–Crippen MR) is 98.8 cm³/mol. The quantitative estimate of drug-likeness (QED) is 0.495. The molecule has 0 aliphatic heterocycles. The first-order valence-electron chi connectivity index (χ1n) is 8.07. The van der Waals surface area contributed by atoms with Gasteiger partial charge in [-0.05, 0) is 35.4 Å². The number of hydrogen-bond acceptors (Lipinski definition) is 1. The van der Waals surface area contributed by atoms with Gasteiger partial charge < -0.3 is 17.0 Å². The molecule has 0 aromatic heterocycles. The summed E-state index contributed by atoms with van der Waals surface area (Å²) in [5.74, 6) is 3.32. The van der Waals surface area contributed by atoms with Gasteiger partial charge in [0.1, 0.15) is 11.5 Å². The third kappa shape index (κ3) is 6.15. The van der Waals surface area contributed by atoms with Crippen molar-refractivity contribution in [3.63, 3.8) is 0 Å². The van der Waals surface area contributed by atoms with E-state index in [1.807, 2.05) is 30.3 Å². The molecule has 23 heavy (non-hydrogen) atoms. The topological polar surface area (TPSA) is 17.1 Å². The van der Waals surface area contributed by atoms with Gasteiger partial charge in [0, 0.05) is 5.56 Å². The highest BCUT2D eigenvalue weighted by Crippen LogP contribution is 2.19. The van der Waals surface area contributed by atoms with E-state index in [-0.39, 0.29) is 27.9 Å². The maximum atomic E-state index is 12.4. The number of carbonyl (C=O) groups excluding carboxylic acids is 1. The highest BCUT2D eigenvalue weighted by Gasteiger charge is 2.20. The average Bonchev–Trinajstić information content (AvgIpc) is 2.59. The lowest BCUT2D eigenvalue weighted by molar-refractivity contribution is -0.0000123. The zero-order chi connectivity index (χ0) is 15.8. The third-order valence-corrected chi connectivity index (χ3v) is 6.20. The van der Waals surface area contributed by atoms with Gasteiger partial charge in [0.15, 0.2) is 5.75 Å². The van der Waals surface area contributed by atoms with E-state index in [1.165, 1.54) is 24.2 Å². The lowest BCUT2D eigenvalue weighted by Crippen LogP contribution is -3.00. The first kappa shape index (κ1) is 20.0. The Morgan fingerprint density at radius 1 is 0.913 bits per heavy atom. The Morgan fingerprint density at radius 3 is 2.09 bits per heavy atom. The van der Waals surface area contributed by atoms with Gasteiger partial charge in [-0.3, -0.25) is 4.79 Å². The van der Waals surface area contributed by atoms with Crippen molar-refractivity contribution in [2.45, 2.75) is 26.7 Å². The molecule has 0 aliphatic rings. The zero-order valence-corrected chi connectivity index (χ0v) is 16.3. The molecule has 1 nitrogen and oxygen atoms in total. The predicted octanol–water partition coefficient (Wildman–Crippen LogP) is 1.98. The summed E-state index contributed by atoms with van der Waals surface area (Å²) in [6.07, 6.45) is 2.45. The monoisotopic (exact) mass is 392 g/mol. The van der Waals surface area contributed by atoms with Crippen molar-refractivity contribution in [3.8, 4) is 11.1 Å². The molecule has 0 radical (unpaired) electrons. The Kier molecular flexibility index (Phi) is 9.27. The zero-order valence-electron chi connectivity index (χ0n) is 13.9. The Balaban J connectivity index is 0.00000264. The van der Waals surface area contributed by atoms with Crippen LogP contribution in [0.4, 0.5) is 0 Å². The van der Waals surface area contributed by atoms with Crippen LogP contribution in [0, 0.1) is 0 Å². The number of ketones is 1. The molecular formula is C20H25BrOS. The van der Waals surface area contributed by atoms with Crippen LogP contribution in [0.5, 0.6) is 0 Å². The van der Waals surface area contributed by atoms with Crippen molar-refractivity contribution >= 4 is 16.7 Å². The van der Waals surface area contributed by atoms with Crippen LogP contribution in [-0.2, 0) is 10.9 Å². The van der Waals surface area contributed by atoms with E-state index in [1.54, 1.807) is 0 Å². The Bertz CT molecular complexity index is 580. The summed E-state index contributed by atoms with van der Waals surface area (Å²) < 4.78 is 0. The van der Waals surface area contributed by atoms with Crippen LogP contribution in [0.15, 0.2) is 54.6 Å². The smallest absolute Gasteiger partial charge is 0.211 e. The Hall–Kier alpha value is -1.06. The molecule has 0 bridgehead atoms. The van der Waals surface area contributed by atoms with Gasteiger partial charge in [0.2, 0.25) is 5.78 Å². The van der Waals surface area contributed by atoms with E-state index >= 15 is 0 Å². The van der Waals surface area contributed by atoms with Crippen LogP contribution < -0.4 is 17.0 Å². The fourth-order valence-corrected chi connectivity index (χ4v) is 4.29. The fraction of sp³-hybridized carbons (Fsp3) is 0.350. The van der Waals surface area contributed by atoms with Crippen molar-refractivity contribution in [1.82, 2.24) is 0 Å². The molecule has 0 saturated heterocycles. The summed E-state index contributed by atoms with van der Waals surface area (Å²) in [4.78, 5) is 12.4. The second-order valence-corrected chi connectivity index (χ2v) is 7.97. The maximum absolute atomic E-state index is 12.4. The minimum atomic E-state index is 0. The minimum absolute atomic E-state index is 0. The number of unbranched alkanes of at least 4 members (excludes halogenated alkanes) is 1. The average molecular weight is 393 g/mol. The summed E-state index contributed by atoms with van der Waals surface area (Å²) in [7, 11) is 0.247. The summed E-state index contributed by atoms with van der Waals surface area (Å²) in [6.45, 7) is 4.41. The van der Waals surface area contributed by atoms with Crippen LogP contribution in [0.2, 0.25) is 0 Å². The van der Waals surface area contributed by atoms with Crippen LogP contribution in [0.3, 0.4) is 0 Å². The number of rotatable bonds is 8. The molecule has 0 N–H and O–H groups in total. The minimum Gasteiger partial charge on any atom is -1.00 e. The van der Waals surface area contributed by atoms with E-state index in [0.29, 0.717) is 11.5 Å². The molecule has 2 rings (SSSR count). The number of benzene rings is 2. The summed E-state index contributed by atoms with van der Waals surface area (Å²) in [5.41, 5.74) is 3.21. The van der Waals surface area contributed by atoms with Crippen molar-refractivity contribution in [2.24, 2.45) is 0 Å². The van der Waals surface area contributed by atoms with Gasteiger partial charge in [0.05, 0.1) is 0 Å². The van der Waals surface area contributed by atoms with E-state index in [9.17, 15) is 4.79 Å². The Labute approximate surface area is 153 Å². The fourth-order valence-electron chi connectivity index (χ4n) is 2.41. The molecule has 2 aromatic rings. The van der Waals surface area contributed by atoms with Crippen LogP contribution >= 0.6 is 0 Å². The lowest BCUT2D eigenvalue weighted by atomic mass is 10.0. The normalized spacial score (nSPS) is 11.6. The third-order valence-electron chi connectivity index (χ3n) is 3.84. The first-order chi connectivity index (χ1) is 10.7. The van der Waals surface area contributed by atoms with Gasteiger partial charge >= 0.3 is 0 Å². The lowest BCUT2D eigenvalue weighted by Gasteiger charge is -2.07. The molecule has 0 amide bonds. The van der Waals surface area contributed by atoms with Crippen LogP contribution in [-0.4, -0.2) is 23.0 Å². The van der Waals surface area contributed by atoms with Crippen molar-refractivity contribution < 1.29 is 21.8 Å². The molecule has 0 heterocycles.